The summed E-state index contributed by atoms with van der Waals surface area (Å²) in [4.78, 5) is 31.7. The molecule has 6 rings (SSSR count). The molecule has 2 bridgehead atoms. The number of rotatable bonds is 3. The fraction of sp³-hybridized carbons (Fsp3) is 0.192. The molecule has 0 fully saturated rings. The number of hydrogen-bond acceptors (Lipinski definition) is 7. The van der Waals surface area contributed by atoms with E-state index in [1.165, 1.54) is 18.4 Å². The molecule has 4 aromatic rings. The summed E-state index contributed by atoms with van der Waals surface area (Å²) >= 11 is 7.52. The summed E-state index contributed by atoms with van der Waals surface area (Å²) in [7, 11) is 1.33. The Kier molecular flexibility index (Phi) is 4.98. The highest BCUT2D eigenvalue weighted by molar-refractivity contribution is 7.07. The smallest absolute Gasteiger partial charge is 0.317 e. The Labute approximate surface area is 208 Å². The molecule has 35 heavy (non-hydrogen) atoms. The van der Waals surface area contributed by atoms with E-state index >= 15 is 0 Å². The molecule has 3 unspecified atom stereocenters. The maximum absolute atomic E-state index is 13.6. The Morgan fingerprint density at radius 2 is 1.94 bits per heavy atom. The van der Waals surface area contributed by atoms with Crippen molar-refractivity contribution in [2.24, 2.45) is 10.9 Å². The van der Waals surface area contributed by atoms with Gasteiger partial charge in [-0.3, -0.25) is 14.2 Å². The third-order valence-corrected chi connectivity index (χ3v) is 7.69. The Morgan fingerprint density at radius 1 is 1.17 bits per heavy atom. The number of carbonyl (C=O) groups excluding carboxylic acids is 1. The SMILES string of the molecule is COC(=O)C1C2c3ccccc3OC1(C)N=c1sc(=Cc3ccc(-c4ccccc4Cl)o3)c(=O)n12. The van der Waals surface area contributed by atoms with Crippen LogP contribution in [0, 0.1) is 5.92 Å². The zero-order valence-corrected chi connectivity index (χ0v) is 20.3. The van der Waals surface area contributed by atoms with Crippen molar-refractivity contribution >= 4 is 35.0 Å². The van der Waals surface area contributed by atoms with E-state index in [0.717, 1.165) is 11.1 Å². The number of benzene rings is 2. The van der Waals surface area contributed by atoms with Crippen LogP contribution >= 0.6 is 22.9 Å². The number of hydrogen-bond donors (Lipinski definition) is 0. The number of ether oxygens (including phenoxy) is 2. The molecule has 4 heterocycles. The predicted molar refractivity (Wildman–Crippen MR) is 131 cm³/mol. The van der Waals surface area contributed by atoms with Crippen LogP contribution in [-0.2, 0) is 9.53 Å². The summed E-state index contributed by atoms with van der Waals surface area (Å²) < 4.78 is 19.3. The third kappa shape index (κ3) is 3.36. The number of para-hydroxylation sites is 1. The highest BCUT2D eigenvalue weighted by Gasteiger charge is 2.55. The van der Waals surface area contributed by atoms with E-state index in [1.54, 1.807) is 29.7 Å². The molecule has 0 spiro atoms. The molecule has 0 radical (unpaired) electrons. The zero-order chi connectivity index (χ0) is 24.3. The minimum absolute atomic E-state index is 0.262. The van der Waals surface area contributed by atoms with E-state index in [1.807, 2.05) is 48.5 Å². The molecule has 2 aliphatic rings. The fourth-order valence-corrected chi connectivity index (χ4v) is 6.10. The molecule has 0 saturated carbocycles. The van der Waals surface area contributed by atoms with Crippen molar-refractivity contribution in [2.45, 2.75) is 18.7 Å². The summed E-state index contributed by atoms with van der Waals surface area (Å²) in [5.41, 5.74) is 0.0364. The topological polar surface area (TPSA) is 83.0 Å². The Balaban J connectivity index is 1.52. The first-order valence-electron chi connectivity index (χ1n) is 10.9. The lowest BCUT2D eigenvalue weighted by Crippen LogP contribution is -2.58. The van der Waals surface area contributed by atoms with Gasteiger partial charge in [0.25, 0.3) is 5.56 Å². The van der Waals surface area contributed by atoms with Gasteiger partial charge in [-0.1, -0.05) is 53.3 Å². The van der Waals surface area contributed by atoms with Crippen LogP contribution in [0.4, 0.5) is 0 Å². The van der Waals surface area contributed by atoms with Gasteiger partial charge in [0.05, 0.1) is 22.7 Å². The van der Waals surface area contributed by atoms with Gasteiger partial charge in [0.15, 0.2) is 4.80 Å². The minimum atomic E-state index is -1.21. The largest absolute Gasteiger partial charge is 0.469 e. The molecule has 0 amide bonds. The van der Waals surface area contributed by atoms with Crippen LogP contribution in [0.2, 0.25) is 5.02 Å². The number of furan rings is 1. The van der Waals surface area contributed by atoms with Crippen molar-refractivity contribution in [3.63, 3.8) is 0 Å². The van der Waals surface area contributed by atoms with Gasteiger partial charge in [-0.25, -0.2) is 4.99 Å². The van der Waals surface area contributed by atoms with Crippen molar-refractivity contribution in [1.82, 2.24) is 4.57 Å². The van der Waals surface area contributed by atoms with Gasteiger partial charge in [0, 0.05) is 17.2 Å². The van der Waals surface area contributed by atoms with Crippen LogP contribution in [0.5, 0.6) is 5.75 Å². The van der Waals surface area contributed by atoms with Gasteiger partial charge in [-0.2, -0.15) is 0 Å². The number of halogens is 1. The molecule has 176 valence electrons. The van der Waals surface area contributed by atoms with E-state index in [4.69, 9.17) is 30.5 Å². The van der Waals surface area contributed by atoms with E-state index in [0.29, 0.717) is 31.6 Å². The summed E-state index contributed by atoms with van der Waals surface area (Å²) in [6.07, 6.45) is 1.68. The van der Waals surface area contributed by atoms with E-state index in [-0.39, 0.29) is 5.56 Å². The van der Waals surface area contributed by atoms with Gasteiger partial charge in [-0.05, 0) is 37.3 Å². The lowest BCUT2D eigenvalue weighted by molar-refractivity contribution is -0.158. The van der Waals surface area contributed by atoms with Gasteiger partial charge in [0.1, 0.15) is 23.2 Å². The minimum Gasteiger partial charge on any atom is -0.469 e. The number of nitrogens with zero attached hydrogens (tertiary/aromatic N) is 2. The zero-order valence-electron chi connectivity index (χ0n) is 18.7. The first-order valence-corrected chi connectivity index (χ1v) is 12.1. The average molecular weight is 507 g/mol. The molecule has 0 aliphatic carbocycles. The summed E-state index contributed by atoms with van der Waals surface area (Å²) in [6.45, 7) is 1.75. The second-order valence-electron chi connectivity index (χ2n) is 8.50. The van der Waals surface area contributed by atoms with Crippen LogP contribution in [0.15, 0.2) is 74.9 Å². The normalized spacial score (nSPS) is 22.5. The standard InChI is InChI=1S/C26H19ClN2O5S/c1-26-21(24(31)32-2)22(16-8-4-6-10-19(16)34-26)29-23(30)20(35-25(29)28-26)13-14-11-12-18(33-14)15-7-3-5-9-17(15)27/h3-13,21-22H,1-2H3. The molecule has 9 heteroatoms. The molecule has 2 aromatic carbocycles. The monoisotopic (exact) mass is 506 g/mol. The summed E-state index contributed by atoms with van der Waals surface area (Å²) in [5, 5.41) is 0.576. The van der Waals surface area contributed by atoms with Crippen LogP contribution in [0.3, 0.4) is 0 Å². The Hall–Kier alpha value is -3.62. The van der Waals surface area contributed by atoms with Crippen LogP contribution in [0.1, 0.15) is 24.3 Å². The molecule has 7 nitrogen and oxygen atoms in total. The number of methoxy groups -OCH3 is 1. The Morgan fingerprint density at radius 3 is 2.74 bits per heavy atom. The van der Waals surface area contributed by atoms with Gasteiger partial charge in [-0.15, -0.1) is 0 Å². The van der Waals surface area contributed by atoms with Gasteiger partial charge >= 0.3 is 5.97 Å². The molecular weight excluding hydrogens is 488 g/mol. The molecule has 2 aliphatic heterocycles. The van der Waals surface area contributed by atoms with E-state index in [9.17, 15) is 9.59 Å². The Bertz CT molecular complexity index is 1670. The summed E-state index contributed by atoms with van der Waals surface area (Å²) in [6, 6.07) is 17.8. The maximum atomic E-state index is 13.6. The fourth-order valence-electron chi connectivity index (χ4n) is 4.80. The molecular formula is C26H19ClN2O5S. The number of aromatic nitrogens is 1. The number of fused-ring (bicyclic) bond motifs is 6. The van der Waals surface area contributed by atoms with E-state index < -0.39 is 23.7 Å². The van der Waals surface area contributed by atoms with Crippen molar-refractivity contribution in [2.75, 3.05) is 7.11 Å². The summed E-state index contributed by atoms with van der Waals surface area (Å²) in [5.74, 6) is 0.399. The molecule has 3 atom stereocenters. The number of thiazole rings is 1. The van der Waals surface area contributed by atoms with Crippen molar-refractivity contribution in [3.05, 3.63) is 96.7 Å². The van der Waals surface area contributed by atoms with Crippen LogP contribution in [-0.4, -0.2) is 23.4 Å². The molecule has 0 saturated heterocycles. The average Bonchev–Trinajstić information content (AvgIpc) is 3.42. The third-order valence-electron chi connectivity index (χ3n) is 6.37. The van der Waals surface area contributed by atoms with Crippen molar-refractivity contribution < 1.29 is 18.7 Å². The second-order valence-corrected chi connectivity index (χ2v) is 9.92. The number of carbonyl (C=O) groups is 1. The first kappa shape index (κ1) is 21.9. The molecule has 0 N–H and O–H groups in total. The molecule has 2 aromatic heterocycles. The van der Waals surface area contributed by atoms with E-state index in [2.05, 4.69) is 0 Å². The predicted octanol–water partition coefficient (Wildman–Crippen LogP) is 3.77. The lowest BCUT2D eigenvalue weighted by atomic mass is 9.81. The maximum Gasteiger partial charge on any atom is 0.317 e. The van der Waals surface area contributed by atoms with Gasteiger partial charge in [0.2, 0.25) is 5.72 Å². The quantitative estimate of drug-likeness (QED) is 0.395. The highest BCUT2D eigenvalue weighted by Crippen LogP contribution is 2.47. The van der Waals surface area contributed by atoms with Crippen LogP contribution in [0.25, 0.3) is 17.4 Å². The number of esters is 1. The second kappa shape index (κ2) is 7.96. The van der Waals surface area contributed by atoms with Crippen molar-refractivity contribution in [1.29, 1.82) is 0 Å². The highest BCUT2D eigenvalue weighted by atomic mass is 35.5. The van der Waals surface area contributed by atoms with Gasteiger partial charge < -0.3 is 13.9 Å². The van der Waals surface area contributed by atoms with Crippen molar-refractivity contribution in [3.8, 4) is 17.1 Å². The lowest BCUT2D eigenvalue weighted by Gasteiger charge is -2.44. The van der Waals surface area contributed by atoms with Crippen LogP contribution < -0.4 is 19.6 Å². The first-order chi connectivity index (χ1) is 16.9.